The third kappa shape index (κ3) is 6.70. The van der Waals surface area contributed by atoms with Crippen molar-refractivity contribution in [2.45, 2.75) is 45.4 Å². The van der Waals surface area contributed by atoms with Gasteiger partial charge in [0.1, 0.15) is 0 Å². The number of anilines is 1. The molecule has 0 spiro atoms. The van der Waals surface area contributed by atoms with E-state index in [1.54, 1.807) is 30.3 Å². The second kappa shape index (κ2) is 12.1. The van der Waals surface area contributed by atoms with Gasteiger partial charge in [0.05, 0.1) is 21.8 Å². The third-order valence-electron chi connectivity index (χ3n) is 5.35. The van der Waals surface area contributed by atoms with Gasteiger partial charge in [0.15, 0.2) is 11.0 Å². The molecule has 7 nitrogen and oxygen atoms in total. The van der Waals surface area contributed by atoms with Crippen LogP contribution < -0.4 is 10.6 Å². The maximum atomic E-state index is 12.9. The first-order valence-electron chi connectivity index (χ1n) is 11.0. The van der Waals surface area contributed by atoms with Crippen molar-refractivity contribution < 1.29 is 9.59 Å². The fourth-order valence-electron chi connectivity index (χ4n) is 3.38. The van der Waals surface area contributed by atoms with Gasteiger partial charge < -0.3 is 15.2 Å². The zero-order chi connectivity index (χ0) is 25.7. The van der Waals surface area contributed by atoms with E-state index in [0.717, 1.165) is 5.56 Å². The van der Waals surface area contributed by atoms with E-state index in [-0.39, 0.29) is 23.5 Å². The van der Waals surface area contributed by atoms with Crippen LogP contribution in [0.1, 0.15) is 48.6 Å². The SMILES string of the molecule is CCn1c(SCC(=O)Nc2cccc(Cl)c2C)nnc1[C@H](NC(=O)c1ccc(Cl)c(Cl)c1)C(C)C. The lowest BCUT2D eigenvalue weighted by atomic mass is 10.0. The Bertz CT molecular complexity index is 1230. The second-order valence-corrected chi connectivity index (χ2v) is 10.3. The minimum Gasteiger partial charge on any atom is -0.342 e. The lowest BCUT2D eigenvalue weighted by Gasteiger charge is -2.22. The summed E-state index contributed by atoms with van der Waals surface area (Å²) in [6.45, 7) is 8.36. The molecule has 0 radical (unpaired) electrons. The summed E-state index contributed by atoms with van der Waals surface area (Å²) in [5.41, 5.74) is 1.88. The number of amides is 2. The van der Waals surface area contributed by atoms with Gasteiger partial charge in [0.25, 0.3) is 5.91 Å². The van der Waals surface area contributed by atoms with Crippen LogP contribution in [0.15, 0.2) is 41.6 Å². The van der Waals surface area contributed by atoms with Gasteiger partial charge in [-0.2, -0.15) is 0 Å². The van der Waals surface area contributed by atoms with Crippen molar-refractivity contribution in [1.82, 2.24) is 20.1 Å². The first-order valence-corrected chi connectivity index (χ1v) is 13.1. The molecule has 1 atom stereocenters. The summed E-state index contributed by atoms with van der Waals surface area (Å²) in [6.07, 6.45) is 0. The van der Waals surface area contributed by atoms with Crippen LogP contribution in [0, 0.1) is 12.8 Å². The molecule has 0 aliphatic carbocycles. The van der Waals surface area contributed by atoms with Gasteiger partial charge in [-0.25, -0.2) is 0 Å². The number of halogens is 3. The molecule has 2 N–H and O–H groups in total. The molecule has 3 rings (SSSR count). The molecule has 3 aromatic rings. The first-order chi connectivity index (χ1) is 16.6. The summed E-state index contributed by atoms with van der Waals surface area (Å²) in [4.78, 5) is 25.4. The van der Waals surface area contributed by atoms with E-state index in [1.165, 1.54) is 17.8 Å². The number of hydrogen-bond acceptors (Lipinski definition) is 5. The standard InChI is InChI=1S/C24H26Cl3N5O2S/c1-5-32-22(21(13(2)3)29-23(34)15-9-10-17(26)18(27)11-15)30-31-24(32)35-12-20(33)28-19-8-6-7-16(25)14(19)4/h6-11,13,21H,5,12H2,1-4H3,(H,28,33)(H,29,34)/t21-/m1/s1. The molecule has 1 heterocycles. The minimum absolute atomic E-state index is 0.0307. The lowest BCUT2D eigenvalue weighted by molar-refractivity contribution is -0.113. The maximum absolute atomic E-state index is 12.9. The minimum atomic E-state index is -0.401. The van der Waals surface area contributed by atoms with E-state index in [2.05, 4.69) is 20.8 Å². The van der Waals surface area contributed by atoms with Gasteiger partial charge in [-0.15, -0.1) is 10.2 Å². The van der Waals surface area contributed by atoms with Crippen molar-refractivity contribution in [3.63, 3.8) is 0 Å². The Hall–Kier alpha value is -2.26. The van der Waals surface area contributed by atoms with Crippen LogP contribution in [-0.4, -0.2) is 32.3 Å². The predicted octanol–water partition coefficient (Wildman–Crippen LogP) is 6.42. The van der Waals surface area contributed by atoms with Crippen LogP contribution in [0.4, 0.5) is 5.69 Å². The summed E-state index contributed by atoms with van der Waals surface area (Å²) < 4.78 is 1.91. The molecule has 35 heavy (non-hydrogen) atoms. The van der Waals surface area contributed by atoms with Crippen molar-refractivity contribution in [2.75, 3.05) is 11.1 Å². The van der Waals surface area contributed by atoms with E-state index >= 15 is 0 Å². The van der Waals surface area contributed by atoms with Crippen LogP contribution in [0.5, 0.6) is 0 Å². The number of hydrogen-bond donors (Lipinski definition) is 2. The molecular formula is C24H26Cl3N5O2S. The van der Waals surface area contributed by atoms with Crippen molar-refractivity contribution in [3.8, 4) is 0 Å². The largest absolute Gasteiger partial charge is 0.342 e. The van der Waals surface area contributed by atoms with Crippen LogP contribution in [0.2, 0.25) is 15.1 Å². The molecular weight excluding hydrogens is 529 g/mol. The zero-order valence-corrected chi connectivity index (χ0v) is 22.8. The monoisotopic (exact) mass is 553 g/mol. The number of rotatable bonds is 9. The Morgan fingerprint density at radius 3 is 2.46 bits per heavy atom. The molecule has 0 aliphatic heterocycles. The van der Waals surface area contributed by atoms with E-state index in [0.29, 0.717) is 43.8 Å². The number of nitrogens with one attached hydrogen (secondary N) is 2. The van der Waals surface area contributed by atoms with Gasteiger partial charge in [0.2, 0.25) is 5.91 Å². The lowest BCUT2D eigenvalue weighted by Crippen LogP contribution is -2.33. The van der Waals surface area contributed by atoms with E-state index < -0.39 is 6.04 Å². The molecule has 2 amide bonds. The van der Waals surface area contributed by atoms with E-state index in [4.69, 9.17) is 34.8 Å². The highest BCUT2D eigenvalue weighted by Crippen LogP contribution is 2.28. The molecule has 0 fully saturated rings. The van der Waals surface area contributed by atoms with Crippen LogP contribution in [-0.2, 0) is 11.3 Å². The molecule has 0 aliphatic rings. The van der Waals surface area contributed by atoms with Crippen LogP contribution in [0.3, 0.4) is 0 Å². The highest BCUT2D eigenvalue weighted by molar-refractivity contribution is 7.99. The van der Waals surface area contributed by atoms with E-state index in [1.807, 2.05) is 32.3 Å². The topological polar surface area (TPSA) is 88.9 Å². The van der Waals surface area contributed by atoms with E-state index in [9.17, 15) is 9.59 Å². The molecule has 0 saturated heterocycles. The number of benzene rings is 2. The fourth-order valence-corrected chi connectivity index (χ4v) is 4.67. The fraction of sp³-hybridized carbons (Fsp3) is 0.333. The number of carbonyl (C=O) groups is 2. The average Bonchev–Trinajstić information content (AvgIpc) is 3.23. The number of nitrogens with zero attached hydrogens (tertiary/aromatic N) is 3. The Kier molecular flexibility index (Phi) is 9.47. The van der Waals surface area contributed by atoms with Gasteiger partial charge in [-0.3, -0.25) is 9.59 Å². The predicted molar refractivity (Wildman–Crippen MR) is 143 cm³/mol. The number of thioether (sulfide) groups is 1. The van der Waals surface area contributed by atoms with Crippen molar-refractivity contribution in [2.24, 2.45) is 5.92 Å². The molecule has 186 valence electrons. The number of carbonyl (C=O) groups excluding carboxylic acids is 2. The van der Waals surface area contributed by atoms with Gasteiger partial charge >= 0.3 is 0 Å². The Morgan fingerprint density at radius 1 is 1.06 bits per heavy atom. The molecule has 0 saturated carbocycles. The summed E-state index contributed by atoms with van der Waals surface area (Å²) >= 11 is 19.5. The molecule has 0 unspecified atom stereocenters. The van der Waals surface area contributed by atoms with Gasteiger partial charge in [-0.05, 0) is 55.7 Å². The van der Waals surface area contributed by atoms with Crippen molar-refractivity contribution in [3.05, 3.63) is 68.4 Å². The quantitative estimate of drug-likeness (QED) is 0.298. The van der Waals surface area contributed by atoms with Crippen molar-refractivity contribution in [1.29, 1.82) is 0 Å². The smallest absolute Gasteiger partial charge is 0.251 e. The summed E-state index contributed by atoms with van der Waals surface area (Å²) in [7, 11) is 0. The van der Waals surface area contributed by atoms with Crippen LogP contribution >= 0.6 is 46.6 Å². The van der Waals surface area contributed by atoms with Crippen molar-refractivity contribution >= 4 is 64.1 Å². The number of aromatic nitrogens is 3. The maximum Gasteiger partial charge on any atom is 0.251 e. The molecule has 11 heteroatoms. The molecule has 0 bridgehead atoms. The molecule has 1 aromatic heterocycles. The molecule has 2 aromatic carbocycles. The Balaban J connectivity index is 1.73. The summed E-state index contributed by atoms with van der Waals surface area (Å²) in [5.74, 6) is 0.318. The average molecular weight is 555 g/mol. The summed E-state index contributed by atoms with van der Waals surface area (Å²) in [5, 5.41) is 16.4. The Labute approximate surface area is 223 Å². The van der Waals surface area contributed by atoms with Crippen LogP contribution in [0.25, 0.3) is 0 Å². The highest BCUT2D eigenvalue weighted by atomic mass is 35.5. The zero-order valence-electron chi connectivity index (χ0n) is 19.7. The highest BCUT2D eigenvalue weighted by Gasteiger charge is 2.26. The van der Waals surface area contributed by atoms with Gasteiger partial charge in [0, 0.05) is 22.8 Å². The summed E-state index contributed by atoms with van der Waals surface area (Å²) in [6, 6.07) is 9.70. The second-order valence-electron chi connectivity index (χ2n) is 8.16. The normalized spacial score (nSPS) is 12.0. The third-order valence-corrected chi connectivity index (χ3v) is 7.46. The Morgan fingerprint density at radius 2 is 1.80 bits per heavy atom. The first kappa shape index (κ1) is 27.3. The van der Waals surface area contributed by atoms with Gasteiger partial charge in [-0.1, -0.05) is 66.5 Å².